The second kappa shape index (κ2) is 5.85. The third-order valence-electron chi connectivity index (χ3n) is 3.79. The van der Waals surface area contributed by atoms with Crippen molar-refractivity contribution in [1.29, 1.82) is 0 Å². The Morgan fingerprint density at radius 1 is 1.41 bits per heavy atom. The van der Waals surface area contributed by atoms with Crippen LogP contribution in [0.1, 0.15) is 38.2 Å². The summed E-state index contributed by atoms with van der Waals surface area (Å²) in [6, 6.07) is 2.06. The molecule has 17 heavy (non-hydrogen) atoms. The molecule has 1 aliphatic heterocycles. The van der Waals surface area contributed by atoms with Gasteiger partial charge in [-0.15, -0.1) is 0 Å². The van der Waals surface area contributed by atoms with Crippen LogP contribution in [-0.4, -0.2) is 18.1 Å². The molecule has 1 saturated heterocycles. The van der Waals surface area contributed by atoms with Gasteiger partial charge in [0.05, 0.1) is 4.47 Å². The van der Waals surface area contributed by atoms with Gasteiger partial charge >= 0.3 is 0 Å². The highest BCUT2D eigenvalue weighted by molar-refractivity contribution is 9.10. The first-order valence-electron chi connectivity index (χ1n) is 6.58. The number of halogens is 1. The predicted octanol–water partition coefficient (Wildman–Crippen LogP) is 4.17. The Morgan fingerprint density at radius 3 is 3.00 bits per heavy atom. The molecule has 1 unspecified atom stereocenters. The van der Waals surface area contributed by atoms with Gasteiger partial charge in [0.25, 0.3) is 0 Å². The fourth-order valence-electron chi connectivity index (χ4n) is 2.53. The Hall–Kier alpha value is -0.570. The largest absolute Gasteiger partial charge is 0.356 e. The average molecular weight is 297 g/mol. The van der Waals surface area contributed by atoms with Gasteiger partial charge in [0, 0.05) is 19.3 Å². The molecule has 1 atom stereocenters. The van der Waals surface area contributed by atoms with Crippen molar-refractivity contribution < 1.29 is 0 Å². The first kappa shape index (κ1) is 12.9. The van der Waals surface area contributed by atoms with Crippen LogP contribution in [0.15, 0.2) is 16.7 Å². The number of anilines is 1. The summed E-state index contributed by atoms with van der Waals surface area (Å²) < 4.78 is 1.16. The van der Waals surface area contributed by atoms with Crippen molar-refractivity contribution in [1.82, 2.24) is 4.98 Å². The van der Waals surface area contributed by atoms with Crippen LogP contribution in [0.5, 0.6) is 0 Å². The maximum Gasteiger partial charge on any atom is 0.143 e. The molecular weight excluding hydrogens is 276 g/mol. The van der Waals surface area contributed by atoms with Crippen molar-refractivity contribution in [2.75, 3.05) is 18.0 Å². The van der Waals surface area contributed by atoms with E-state index in [4.69, 9.17) is 0 Å². The second-order valence-electron chi connectivity index (χ2n) is 4.96. The van der Waals surface area contributed by atoms with E-state index in [0.717, 1.165) is 29.3 Å². The Labute approximate surface area is 113 Å². The van der Waals surface area contributed by atoms with Crippen LogP contribution in [0.4, 0.5) is 5.82 Å². The Balaban J connectivity index is 2.14. The van der Waals surface area contributed by atoms with Crippen LogP contribution < -0.4 is 4.90 Å². The van der Waals surface area contributed by atoms with Crippen LogP contribution in [0, 0.1) is 12.8 Å². The van der Waals surface area contributed by atoms with Crippen LogP contribution in [0.3, 0.4) is 0 Å². The van der Waals surface area contributed by atoms with Gasteiger partial charge in [0.15, 0.2) is 0 Å². The molecule has 2 rings (SSSR count). The van der Waals surface area contributed by atoms with Gasteiger partial charge in [-0.2, -0.15) is 0 Å². The van der Waals surface area contributed by atoms with E-state index in [1.165, 1.54) is 31.2 Å². The summed E-state index contributed by atoms with van der Waals surface area (Å²) in [7, 11) is 0. The summed E-state index contributed by atoms with van der Waals surface area (Å²) in [5, 5.41) is 0. The molecular formula is C14H21BrN2. The van der Waals surface area contributed by atoms with E-state index in [9.17, 15) is 0 Å². The lowest BCUT2D eigenvalue weighted by molar-refractivity contribution is 0.459. The number of nitrogens with zero attached hydrogens (tertiary/aromatic N) is 2. The van der Waals surface area contributed by atoms with Crippen molar-refractivity contribution in [3.8, 4) is 0 Å². The van der Waals surface area contributed by atoms with Crippen molar-refractivity contribution in [3.05, 3.63) is 22.3 Å². The molecule has 1 fully saturated rings. The molecule has 3 heteroatoms. The fraction of sp³-hybridized carbons (Fsp3) is 0.643. The summed E-state index contributed by atoms with van der Waals surface area (Å²) >= 11 is 3.67. The highest BCUT2D eigenvalue weighted by atomic mass is 79.9. The van der Waals surface area contributed by atoms with Crippen LogP contribution in [0.25, 0.3) is 0 Å². The minimum atomic E-state index is 0.906. The number of aryl methyl sites for hydroxylation is 1. The number of pyridine rings is 1. The molecule has 1 aliphatic rings. The number of rotatable bonds is 2. The molecule has 2 nitrogen and oxygen atoms in total. The van der Waals surface area contributed by atoms with Crippen molar-refractivity contribution in [3.63, 3.8) is 0 Å². The molecule has 0 spiro atoms. The molecule has 2 heterocycles. The van der Waals surface area contributed by atoms with Crippen molar-refractivity contribution in [2.45, 2.75) is 39.5 Å². The summed E-state index contributed by atoms with van der Waals surface area (Å²) in [6.07, 6.45) is 7.20. The van der Waals surface area contributed by atoms with Gasteiger partial charge in [0.2, 0.25) is 0 Å². The molecule has 0 amide bonds. The maximum absolute atomic E-state index is 4.53. The number of hydrogen-bond acceptors (Lipinski definition) is 2. The Morgan fingerprint density at radius 2 is 2.24 bits per heavy atom. The molecule has 0 aromatic carbocycles. The molecule has 0 saturated carbocycles. The lowest BCUT2D eigenvalue weighted by Gasteiger charge is -2.23. The molecule has 1 aromatic rings. The van der Waals surface area contributed by atoms with Gasteiger partial charge in [-0.05, 0) is 59.7 Å². The van der Waals surface area contributed by atoms with Gasteiger partial charge in [-0.25, -0.2) is 4.98 Å². The smallest absolute Gasteiger partial charge is 0.143 e. The normalized spacial score (nSPS) is 21.4. The van der Waals surface area contributed by atoms with E-state index in [2.05, 4.69) is 45.7 Å². The Bertz CT molecular complexity index is 378. The summed E-state index contributed by atoms with van der Waals surface area (Å²) in [4.78, 5) is 6.97. The van der Waals surface area contributed by atoms with Gasteiger partial charge in [0.1, 0.15) is 5.82 Å². The molecule has 0 N–H and O–H groups in total. The van der Waals surface area contributed by atoms with E-state index in [-0.39, 0.29) is 0 Å². The zero-order valence-electron chi connectivity index (χ0n) is 10.7. The topological polar surface area (TPSA) is 16.1 Å². The van der Waals surface area contributed by atoms with E-state index >= 15 is 0 Å². The third kappa shape index (κ3) is 3.01. The fourth-order valence-corrected chi connectivity index (χ4v) is 3.02. The summed E-state index contributed by atoms with van der Waals surface area (Å²) in [6.45, 7) is 6.72. The number of aromatic nitrogens is 1. The zero-order chi connectivity index (χ0) is 12.3. The second-order valence-corrected chi connectivity index (χ2v) is 5.75. The highest BCUT2D eigenvalue weighted by Gasteiger charge is 2.18. The molecule has 94 valence electrons. The van der Waals surface area contributed by atoms with Crippen LogP contribution in [0.2, 0.25) is 0 Å². The van der Waals surface area contributed by atoms with Crippen LogP contribution in [-0.2, 0) is 0 Å². The average Bonchev–Trinajstić information content (AvgIpc) is 2.58. The first-order valence-corrected chi connectivity index (χ1v) is 7.37. The van der Waals surface area contributed by atoms with E-state index in [1.54, 1.807) is 0 Å². The lowest BCUT2D eigenvalue weighted by atomic mass is 9.98. The van der Waals surface area contributed by atoms with E-state index < -0.39 is 0 Å². The number of hydrogen-bond donors (Lipinski definition) is 0. The van der Waals surface area contributed by atoms with Gasteiger partial charge in [-0.3, -0.25) is 0 Å². The molecule has 0 aliphatic carbocycles. The summed E-state index contributed by atoms with van der Waals surface area (Å²) in [5.74, 6) is 2.03. The first-order chi connectivity index (χ1) is 8.22. The van der Waals surface area contributed by atoms with Crippen molar-refractivity contribution >= 4 is 21.7 Å². The predicted molar refractivity (Wildman–Crippen MR) is 76.5 cm³/mol. The standard InChI is InChI=1S/C14H21BrN2/c1-3-12-5-4-9-17(10-7-12)14-13(15)11(2)6-8-16-14/h6,8,12H,3-5,7,9-10H2,1-2H3. The molecule has 1 aromatic heterocycles. The maximum atomic E-state index is 4.53. The SMILES string of the molecule is CCC1CCCN(c2nccc(C)c2Br)CC1. The van der Waals surface area contributed by atoms with Gasteiger partial charge in [-0.1, -0.05) is 13.3 Å². The highest BCUT2D eigenvalue weighted by Crippen LogP contribution is 2.30. The quantitative estimate of drug-likeness (QED) is 0.814. The molecule has 0 radical (unpaired) electrons. The van der Waals surface area contributed by atoms with Crippen molar-refractivity contribution in [2.24, 2.45) is 5.92 Å². The third-order valence-corrected chi connectivity index (χ3v) is 4.77. The minimum absolute atomic E-state index is 0.906. The minimum Gasteiger partial charge on any atom is -0.356 e. The zero-order valence-corrected chi connectivity index (χ0v) is 12.3. The molecule has 0 bridgehead atoms. The van der Waals surface area contributed by atoms with Crippen LogP contribution >= 0.6 is 15.9 Å². The summed E-state index contributed by atoms with van der Waals surface area (Å²) in [5.41, 5.74) is 1.27. The van der Waals surface area contributed by atoms with Gasteiger partial charge < -0.3 is 4.90 Å². The van der Waals surface area contributed by atoms with E-state index in [0.29, 0.717) is 0 Å². The monoisotopic (exact) mass is 296 g/mol. The Kier molecular flexibility index (Phi) is 4.43. The van der Waals surface area contributed by atoms with E-state index in [1.807, 2.05) is 6.20 Å². The lowest BCUT2D eigenvalue weighted by Crippen LogP contribution is -2.25.